The monoisotopic (exact) mass is 407 g/mol. The molecule has 0 unspecified atom stereocenters. The van der Waals surface area contributed by atoms with E-state index in [-0.39, 0.29) is 18.1 Å². The number of amides is 1. The number of nitrogens with zero attached hydrogens (tertiary/aromatic N) is 4. The maximum absolute atomic E-state index is 13.5. The summed E-state index contributed by atoms with van der Waals surface area (Å²) in [5, 5.41) is 8.54. The Morgan fingerprint density at radius 1 is 0.935 bits per heavy atom. The number of hydrogen-bond acceptors (Lipinski definition) is 4. The molecule has 1 saturated carbocycles. The van der Waals surface area contributed by atoms with E-state index in [1.807, 2.05) is 88.7 Å². The lowest BCUT2D eigenvalue weighted by atomic mass is 10.0. The van der Waals surface area contributed by atoms with Gasteiger partial charge in [0.25, 0.3) is 5.91 Å². The van der Waals surface area contributed by atoms with E-state index in [9.17, 15) is 4.79 Å². The summed E-state index contributed by atoms with van der Waals surface area (Å²) in [7, 11) is 0. The highest BCUT2D eigenvalue weighted by Gasteiger charge is 2.43. The lowest BCUT2D eigenvalue weighted by molar-refractivity contribution is 0.0667. The number of nitrogens with one attached hydrogen (secondary N) is 1. The van der Waals surface area contributed by atoms with E-state index in [1.165, 1.54) is 0 Å². The molecule has 6 heteroatoms. The van der Waals surface area contributed by atoms with Crippen molar-refractivity contribution in [2.45, 2.75) is 25.0 Å². The first-order chi connectivity index (χ1) is 15.3. The molecular formula is C25H21N5O. The van der Waals surface area contributed by atoms with Gasteiger partial charge in [0.15, 0.2) is 0 Å². The van der Waals surface area contributed by atoms with Crippen molar-refractivity contribution in [2.75, 3.05) is 5.32 Å². The van der Waals surface area contributed by atoms with Gasteiger partial charge >= 0.3 is 0 Å². The van der Waals surface area contributed by atoms with Gasteiger partial charge in [-0.2, -0.15) is 5.10 Å². The second-order valence-corrected chi connectivity index (χ2v) is 7.99. The first-order valence-electron chi connectivity index (χ1n) is 10.5. The van der Waals surface area contributed by atoms with Crippen LogP contribution in [0.1, 0.15) is 34.9 Å². The van der Waals surface area contributed by atoms with Gasteiger partial charge in [-0.3, -0.25) is 9.78 Å². The topological polar surface area (TPSA) is 63.1 Å². The average molecular weight is 407 g/mol. The minimum Gasteiger partial charge on any atom is -0.361 e. The summed E-state index contributed by atoms with van der Waals surface area (Å²) in [6.07, 6.45) is 7.38. The molecule has 0 bridgehead atoms. The van der Waals surface area contributed by atoms with Gasteiger partial charge in [-0.1, -0.05) is 30.3 Å². The van der Waals surface area contributed by atoms with Crippen LogP contribution >= 0.6 is 0 Å². The molecule has 6 rings (SSSR count). The standard InChI is InChI=1S/C25H21N5O/c31-25-20-10-4-5-11-22(20)27-24(30(25)19-12-13-19)21-16-29(18-8-2-1-3-9-18)28-23(21)17-7-6-14-26-15-17/h1-11,14-16,19,24,27H,12-13H2/t24-/m1/s1. The molecule has 0 saturated heterocycles. The normalized spacial score (nSPS) is 17.9. The molecule has 1 N–H and O–H groups in total. The Hall–Kier alpha value is -3.93. The summed E-state index contributed by atoms with van der Waals surface area (Å²) in [6.45, 7) is 0. The summed E-state index contributed by atoms with van der Waals surface area (Å²) in [4.78, 5) is 19.7. The van der Waals surface area contributed by atoms with Gasteiger partial charge < -0.3 is 10.2 Å². The van der Waals surface area contributed by atoms with E-state index in [0.717, 1.165) is 46.6 Å². The molecule has 0 spiro atoms. The van der Waals surface area contributed by atoms with Crippen LogP contribution in [0.2, 0.25) is 0 Å². The zero-order valence-electron chi connectivity index (χ0n) is 16.8. The molecule has 1 aliphatic carbocycles. The van der Waals surface area contributed by atoms with Gasteiger partial charge in [0.2, 0.25) is 0 Å². The van der Waals surface area contributed by atoms with Crippen LogP contribution in [0.5, 0.6) is 0 Å². The highest BCUT2D eigenvalue weighted by Crippen LogP contribution is 2.43. The van der Waals surface area contributed by atoms with Gasteiger partial charge in [0.05, 0.1) is 11.3 Å². The van der Waals surface area contributed by atoms with E-state index >= 15 is 0 Å². The first kappa shape index (κ1) is 17.9. The predicted molar refractivity (Wildman–Crippen MR) is 119 cm³/mol. The number of fused-ring (bicyclic) bond motifs is 1. The molecule has 31 heavy (non-hydrogen) atoms. The van der Waals surface area contributed by atoms with Crippen molar-refractivity contribution >= 4 is 11.6 Å². The summed E-state index contributed by atoms with van der Waals surface area (Å²) >= 11 is 0. The van der Waals surface area contributed by atoms with Crippen LogP contribution in [0.25, 0.3) is 16.9 Å². The minimum absolute atomic E-state index is 0.0754. The third kappa shape index (κ3) is 3.08. The van der Waals surface area contributed by atoms with Crippen molar-refractivity contribution in [1.82, 2.24) is 19.7 Å². The van der Waals surface area contributed by atoms with Gasteiger partial charge in [0.1, 0.15) is 11.9 Å². The summed E-state index contributed by atoms with van der Waals surface area (Å²) in [5.41, 5.74) is 5.28. The van der Waals surface area contributed by atoms with Crippen LogP contribution in [0.3, 0.4) is 0 Å². The molecule has 4 aromatic rings. The number of hydrogen-bond donors (Lipinski definition) is 1. The molecule has 3 heterocycles. The lowest BCUT2D eigenvalue weighted by Crippen LogP contribution is -2.44. The number of carbonyl (C=O) groups is 1. The van der Waals surface area contributed by atoms with Gasteiger partial charge in [-0.25, -0.2) is 4.68 Å². The zero-order chi connectivity index (χ0) is 20.8. The summed E-state index contributed by atoms with van der Waals surface area (Å²) < 4.78 is 1.88. The number of para-hydroxylation sites is 2. The average Bonchev–Trinajstić information content (AvgIpc) is 3.57. The third-order valence-corrected chi connectivity index (χ3v) is 5.90. The maximum Gasteiger partial charge on any atom is 0.258 e. The van der Waals surface area contributed by atoms with Crippen molar-refractivity contribution in [3.63, 3.8) is 0 Å². The van der Waals surface area contributed by atoms with Crippen LogP contribution in [0, 0.1) is 0 Å². The van der Waals surface area contributed by atoms with E-state index in [0.29, 0.717) is 0 Å². The quantitative estimate of drug-likeness (QED) is 0.534. The predicted octanol–water partition coefficient (Wildman–Crippen LogP) is 4.66. The van der Waals surface area contributed by atoms with Crippen molar-refractivity contribution in [1.29, 1.82) is 0 Å². The van der Waals surface area contributed by atoms with Crippen molar-refractivity contribution in [2.24, 2.45) is 0 Å². The molecule has 2 aromatic heterocycles. The largest absolute Gasteiger partial charge is 0.361 e. The highest BCUT2D eigenvalue weighted by atomic mass is 16.2. The number of aromatic nitrogens is 3. The van der Waals surface area contributed by atoms with Gasteiger partial charge in [-0.05, 0) is 49.2 Å². The van der Waals surface area contributed by atoms with Crippen LogP contribution < -0.4 is 5.32 Å². The van der Waals surface area contributed by atoms with Crippen molar-refractivity contribution < 1.29 is 4.79 Å². The molecule has 2 aliphatic rings. The Kier molecular flexibility index (Phi) is 4.09. The van der Waals surface area contributed by atoms with E-state index in [1.54, 1.807) is 6.20 Å². The highest BCUT2D eigenvalue weighted by molar-refractivity contribution is 6.02. The summed E-state index contributed by atoms with van der Waals surface area (Å²) in [6, 6.07) is 21.9. The first-order valence-corrected chi connectivity index (χ1v) is 10.5. The number of carbonyl (C=O) groups excluding carboxylic acids is 1. The zero-order valence-corrected chi connectivity index (χ0v) is 16.8. The molecular weight excluding hydrogens is 386 g/mol. The number of rotatable bonds is 4. The Bertz CT molecular complexity index is 1250. The van der Waals surface area contributed by atoms with Crippen LogP contribution in [0.15, 0.2) is 85.3 Å². The van der Waals surface area contributed by atoms with E-state index in [4.69, 9.17) is 5.10 Å². The van der Waals surface area contributed by atoms with E-state index in [2.05, 4.69) is 10.3 Å². The molecule has 2 aromatic carbocycles. The number of anilines is 1. The fourth-order valence-electron chi connectivity index (χ4n) is 4.25. The third-order valence-electron chi connectivity index (χ3n) is 5.90. The Balaban J connectivity index is 1.53. The Morgan fingerprint density at radius 3 is 2.52 bits per heavy atom. The van der Waals surface area contributed by atoms with Crippen molar-refractivity contribution in [3.8, 4) is 16.9 Å². The van der Waals surface area contributed by atoms with Crippen LogP contribution in [0.4, 0.5) is 5.69 Å². The molecule has 1 aliphatic heterocycles. The fourth-order valence-corrected chi connectivity index (χ4v) is 4.25. The summed E-state index contributed by atoms with van der Waals surface area (Å²) in [5.74, 6) is 0.0754. The van der Waals surface area contributed by atoms with Gasteiger partial charge in [-0.15, -0.1) is 0 Å². The molecule has 6 nitrogen and oxygen atoms in total. The minimum atomic E-state index is -0.289. The second-order valence-electron chi connectivity index (χ2n) is 7.99. The smallest absolute Gasteiger partial charge is 0.258 e. The molecule has 1 atom stereocenters. The fraction of sp³-hybridized carbons (Fsp3) is 0.160. The molecule has 1 amide bonds. The van der Waals surface area contributed by atoms with Crippen LogP contribution in [-0.4, -0.2) is 31.6 Å². The SMILES string of the molecule is O=C1c2ccccc2N[C@@H](c2cn(-c3ccccc3)nc2-c2cccnc2)N1C1CC1. The second kappa shape index (κ2) is 7.09. The van der Waals surface area contributed by atoms with E-state index < -0.39 is 0 Å². The molecule has 1 fully saturated rings. The molecule has 152 valence electrons. The van der Waals surface area contributed by atoms with Crippen LogP contribution in [-0.2, 0) is 0 Å². The lowest BCUT2D eigenvalue weighted by Gasteiger charge is -2.38. The number of benzene rings is 2. The van der Waals surface area contributed by atoms with Gasteiger partial charge in [0, 0.05) is 41.4 Å². The number of pyridine rings is 1. The van der Waals surface area contributed by atoms with Crippen molar-refractivity contribution in [3.05, 3.63) is 96.4 Å². The Morgan fingerprint density at radius 2 is 1.74 bits per heavy atom. The Labute approximate surface area is 180 Å². The molecule has 0 radical (unpaired) electrons. The maximum atomic E-state index is 13.5.